The first-order valence-corrected chi connectivity index (χ1v) is 6.90. The largest absolute Gasteiger partial charge is 0.489 e. The number of benzene rings is 1. The number of rotatable bonds is 6. The van der Waals surface area contributed by atoms with Crippen LogP contribution in [-0.4, -0.2) is 44.5 Å². The average Bonchev–Trinajstić information content (AvgIpc) is 2.91. The molecule has 0 bridgehead atoms. The van der Waals surface area contributed by atoms with E-state index in [0.717, 1.165) is 5.56 Å². The molecule has 0 aliphatic heterocycles. The Bertz CT molecular complexity index is 645. The fourth-order valence-electron chi connectivity index (χ4n) is 2.10. The number of aryl methyl sites for hydroxylation is 1. The van der Waals surface area contributed by atoms with Crippen LogP contribution in [0.5, 0.6) is 0 Å². The minimum absolute atomic E-state index is 0.142. The molecule has 1 aromatic carbocycles. The van der Waals surface area contributed by atoms with Crippen molar-refractivity contribution < 1.29 is 19.7 Å². The molecule has 0 fully saturated rings. The van der Waals surface area contributed by atoms with Gasteiger partial charge >= 0.3 is 7.12 Å². The van der Waals surface area contributed by atoms with Crippen LogP contribution in [0.4, 0.5) is 0 Å². The summed E-state index contributed by atoms with van der Waals surface area (Å²) in [5.41, 5.74) is 1.14. The van der Waals surface area contributed by atoms with Crippen molar-refractivity contribution in [3.05, 3.63) is 47.8 Å². The number of amides is 1. The first-order chi connectivity index (χ1) is 10.5. The quantitative estimate of drug-likeness (QED) is 0.565. The summed E-state index contributed by atoms with van der Waals surface area (Å²) < 4.78 is 1.63. The maximum atomic E-state index is 12.6. The standard InChI is InChI=1S/C14H18BN3O4/c1-3-22-18(10-11-8-16-17(2)9-11)14(19)12-6-4-5-7-13(12)15(20)21/h4-9,20-21H,3,10H2,1-2H3. The Labute approximate surface area is 128 Å². The smallest absolute Gasteiger partial charge is 0.423 e. The lowest BCUT2D eigenvalue weighted by Gasteiger charge is -2.21. The molecule has 2 N–H and O–H groups in total. The molecule has 0 saturated heterocycles. The van der Waals surface area contributed by atoms with E-state index in [1.807, 2.05) is 0 Å². The predicted octanol–water partition coefficient (Wildman–Crippen LogP) is -0.306. The van der Waals surface area contributed by atoms with Crippen molar-refractivity contribution in [3.63, 3.8) is 0 Å². The van der Waals surface area contributed by atoms with Crippen LogP contribution in [0.3, 0.4) is 0 Å². The lowest BCUT2D eigenvalue weighted by Crippen LogP contribution is -2.40. The normalized spacial score (nSPS) is 10.5. The third-order valence-electron chi connectivity index (χ3n) is 3.07. The summed E-state index contributed by atoms with van der Waals surface area (Å²) in [6, 6.07) is 6.32. The van der Waals surface area contributed by atoms with Gasteiger partial charge in [0.15, 0.2) is 0 Å². The molecule has 0 spiro atoms. The monoisotopic (exact) mass is 303 g/mol. The van der Waals surface area contributed by atoms with E-state index in [0.29, 0.717) is 6.61 Å². The van der Waals surface area contributed by atoms with Crippen LogP contribution >= 0.6 is 0 Å². The van der Waals surface area contributed by atoms with Gasteiger partial charge in [-0.25, -0.2) is 5.06 Å². The van der Waals surface area contributed by atoms with E-state index >= 15 is 0 Å². The molecule has 0 saturated carbocycles. The van der Waals surface area contributed by atoms with Gasteiger partial charge in [0.2, 0.25) is 0 Å². The van der Waals surface area contributed by atoms with Crippen LogP contribution in [0.1, 0.15) is 22.8 Å². The minimum Gasteiger partial charge on any atom is -0.423 e. The van der Waals surface area contributed by atoms with E-state index in [4.69, 9.17) is 4.84 Å². The Kier molecular flexibility index (Phi) is 5.32. The fraction of sp³-hybridized carbons (Fsp3) is 0.286. The highest BCUT2D eigenvalue weighted by molar-refractivity contribution is 6.60. The fourth-order valence-corrected chi connectivity index (χ4v) is 2.10. The van der Waals surface area contributed by atoms with E-state index in [1.165, 1.54) is 17.2 Å². The van der Waals surface area contributed by atoms with Gasteiger partial charge in [-0.1, -0.05) is 18.2 Å². The molecule has 1 amide bonds. The van der Waals surface area contributed by atoms with Crippen molar-refractivity contribution in [2.45, 2.75) is 13.5 Å². The van der Waals surface area contributed by atoms with Crippen molar-refractivity contribution in [2.24, 2.45) is 7.05 Å². The molecule has 116 valence electrons. The highest BCUT2D eigenvalue weighted by atomic mass is 16.7. The number of hydroxylamine groups is 2. The zero-order valence-electron chi connectivity index (χ0n) is 12.5. The lowest BCUT2D eigenvalue weighted by molar-refractivity contribution is -0.125. The number of nitrogens with zero attached hydrogens (tertiary/aromatic N) is 3. The van der Waals surface area contributed by atoms with Gasteiger partial charge in [-0.3, -0.25) is 14.3 Å². The summed E-state index contributed by atoms with van der Waals surface area (Å²) in [7, 11) is 0.0651. The van der Waals surface area contributed by atoms with Gasteiger partial charge in [0, 0.05) is 24.4 Å². The van der Waals surface area contributed by atoms with Gasteiger partial charge in [0.1, 0.15) is 0 Å². The van der Waals surface area contributed by atoms with Crippen LogP contribution in [0.15, 0.2) is 36.7 Å². The van der Waals surface area contributed by atoms with Gasteiger partial charge in [-0.05, 0) is 18.5 Å². The summed E-state index contributed by atoms with van der Waals surface area (Å²) in [6.45, 7) is 2.31. The van der Waals surface area contributed by atoms with Crippen LogP contribution in [0.25, 0.3) is 0 Å². The summed E-state index contributed by atoms with van der Waals surface area (Å²) in [6.07, 6.45) is 3.43. The second-order valence-corrected chi connectivity index (χ2v) is 4.74. The minimum atomic E-state index is -1.72. The first-order valence-electron chi connectivity index (χ1n) is 6.90. The second kappa shape index (κ2) is 7.21. The number of hydrogen-bond donors (Lipinski definition) is 2. The molecule has 2 rings (SSSR count). The topological polar surface area (TPSA) is 87.8 Å². The number of aromatic nitrogens is 2. The molecule has 2 aromatic rings. The van der Waals surface area contributed by atoms with E-state index in [-0.39, 0.29) is 17.6 Å². The lowest BCUT2D eigenvalue weighted by atomic mass is 9.77. The van der Waals surface area contributed by atoms with E-state index in [9.17, 15) is 14.8 Å². The zero-order valence-corrected chi connectivity index (χ0v) is 12.5. The highest BCUT2D eigenvalue weighted by Gasteiger charge is 2.24. The Morgan fingerprint density at radius 2 is 2.14 bits per heavy atom. The summed E-state index contributed by atoms with van der Waals surface area (Å²) in [5, 5.41) is 24.0. The van der Waals surface area contributed by atoms with Crippen molar-refractivity contribution in [2.75, 3.05) is 6.61 Å². The highest BCUT2D eigenvalue weighted by Crippen LogP contribution is 2.10. The molecule has 7 nitrogen and oxygen atoms in total. The molecule has 22 heavy (non-hydrogen) atoms. The zero-order chi connectivity index (χ0) is 16.1. The summed E-state index contributed by atoms with van der Waals surface area (Å²) >= 11 is 0. The van der Waals surface area contributed by atoms with Crippen LogP contribution in [0, 0.1) is 0 Å². The van der Waals surface area contributed by atoms with Gasteiger partial charge in [0.25, 0.3) is 5.91 Å². The summed E-state index contributed by atoms with van der Waals surface area (Å²) in [4.78, 5) is 18.0. The predicted molar refractivity (Wildman–Crippen MR) is 81.0 cm³/mol. The molecule has 0 atom stereocenters. The summed E-state index contributed by atoms with van der Waals surface area (Å²) in [5.74, 6) is -0.436. The molecule has 1 heterocycles. The molecular weight excluding hydrogens is 285 g/mol. The van der Waals surface area contributed by atoms with Gasteiger partial charge in [-0.15, -0.1) is 0 Å². The van der Waals surface area contributed by atoms with E-state index in [1.54, 1.807) is 43.2 Å². The Morgan fingerprint density at radius 3 is 2.73 bits per heavy atom. The number of hydrogen-bond acceptors (Lipinski definition) is 5. The van der Waals surface area contributed by atoms with Gasteiger partial charge in [0.05, 0.1) is 19.3 Å². The van der Waals surface area contributed by atoms with Crippen molar-refractivity contribution >= 4 is 18.5 Å². The van der Waals surface area contributed by atoms with Crippen molar-refractivity contribution in [3.8, 4) is 0 Å². The van der Waals surface area contributed by atoms with Crippen molar-refractivity contribution in [1.29, 1.82) is 0 Å². The number of carbonyl (C=O) groups excluding carboxylic acids is 1. The van der Waals surface area contributed by atoms with Crippen LogP contribution in [0.2, 0.25) is 0 Å². The molecule has 0 aliphatic carbocycles. The van der Waals surface area contributed by atoms with Crippen LogP contribution in [-0.2, 0) is 18.4 Å². The van der Waals surface area contributed by atoms with Crippen LogP contribution < -0.4 is 5.46 Å². The second-order valence-electron chi connectivity index (χ2n) is 4.74. The third-order valence-corrected chi connectivity index (χ3v) is 3.07. The molecular formula is C14H18BN3O4. The van der Waals surface area contributed by atoms with Gasteiger partial charge in [-0.2, -0.15) is 5.10 Å². The van der Waals surface area contributed by atoms with E-state index in [2.05, 4.69) is 5.10 Å². The molecule has 1 aromatic heterocycles. The average molecular weight is 303 g/mol. The number of carbonyl (C=O) groups is 1. The molecule has 0 radical (unpaired) electrons. The molecule has 0 unspecified atom stereocenters. The van der Waals surface area contributed by atoms with E-state index < -0.39 is 13.0 Å². The SMILES string of the molecule is CCON(Cc1cnn(C)c1)C(=O)c1ccccc1B(O)O. The Morgan fingerprint density at radius 1 is 1.41 bits per heavy atom. The molecule has 8 heteroatoms. The maximum Gasteiger partial charge on any atom is 0.489 e. The molecule has 0 aliphatic rings. The van der Waals surface area contributed by atoms with Crippen molar-refractivity contribution in [1.82, 2.24) is 14.8 Å². The third kappa shape index (κ3) is 3.73. The maximum absolute atomic E-state index is 12.6. The first kappa shape index (κ1) is 16.2. The van der Waals surface area contributed by atoms with Gasteiger partial charge < -0.3 is 10.0 Å². The Balaban J connectivity index is 2.26. The Hall–Kier alpha value is -2.16.